The van der Waals surface area contributed by atoms with E-state index in [1.165, 1.54) is 0 Å². The second kappa shape index (κ2) is 11.4. The van der Waals surface area contributed by atoms with Crippen molar-refractivity contribution in [3.8, 4) is 6.07 Å². The number of hydrogen-bond donors (Lipinski definition) is 2. The SMILES string of the molecule is CCCc1cc(N2CCC(NC(=O)CCCN(C)C)C2)nc(Nc2cccc(C#N)c2)n1. The fraction of sp³-hybridized carbons (Fsp3) is 0.500. The fourth-order valence-electron chi connectivity index (χ4n) is 3.82. The molecular formula is C24H33N7O. The second-order valence-electron chi connectivity index (χ2n) is 8.51. The number of nitriles is 1. The monoisotopic (exact) mass is 435 g/mol. The molecule has 0 aliphatic carbocycles. The molecule has 1 unspecified atom stereocenters. The Kier molecular flexibility index (Phi) is 8.40. The molecule has 1 aromatic heterocycles. The van der Waals surface area contributed by atoms with Gasteiger partial charge in [0.15, 0.2) is 0 Å². The molecule has 170 valence electrons. The summed E-state index contributed by atoms with van der Waals surface area (Å²) in [5.41, 5.74) is 2.35. The van der Waals surface area contributed by atoms with Crippen molar-refractivity contribution in [2.24, 2.45) is 0 Å². The first-order valence-corrected chi connectivity index (χ1v) is 11.3. The van der Waals surface area contributed by atoms with Gasteiger partial charge < -0.3 is 20.4 Å². The summed E-state index contributed by atoms with van der Waals surface area (Å²) in [6.07, 6.45) is 4.18. The highest BCUT2D eigenvalue weighted by Crippen LogP contribution is 2.23. The first kappa shape index (κ1) is 23.5. The molecule has 0 saturated carbocycles. The van der Waals surface area contributed by atoms with Crippen LogP contribution in [-0.4, -0.2) is 60.5 Å². The van der Waals surface area contributed by atoms with Crippen LogP contribution in [0.25, 0.3) is 0 Å². The lowest BCUT2D eigenvalue weighted by Crippen LogP contribution is -2.37. The molecule has 8 nitrogen and oxygen atoms in total. The van der Waals surface area contributed by atoms with Crippen LogP contribution in [0.4, 0.5) is 17.5 Å². The van der Waals surface area contributed by atoms with E-state index in [4.69, 9.17) is 10.2 Å². The van der Waals surface area contributed by atoms with Crippen molar-refractivity contribution in [3.63, 3.8) is 0 Å². The third-order valence-electron chi connectivity index (χ3n) is 5.41. The molecule has 0 radical (unpaired) electrons. The van der Waals surface area contributed by atoms with E-state index in [2.05, 4.69) is 38.4 Å². The second-order valence-corrected chi connectivity index (χ2v) is 8.51. The van der Waals surface area contributed by atoms with E-state index in [0.717, 1.165) is 62.5 Å². The van der Waals surface area contributed by atoms with Gasteiger partial charge in [-0.1, -0.05) is 19.4 Å². The van der Waals surface area contributed by atoms with Gasteiger partial charge in [0.2, 0.25) is 11.9 Å². The Labute approximate surface area is 190 Å². The molecule has 1 aliphatic rings. The molecule has 3 rings (SSSR count). The molecule has 1 amide bonds. The van der Waals surface area contributed by atoms with Gasteiger partial charge in [0.05, 0.1) is 11.6 Å². The highest BCUT2D eigenvalue weighted by molar-refractivity contribution is 5.76. The predicted molar refractivity (Wildman–Crippen MR) is 127 cm³/mol. The lowest BCUT2D eigenvalue weighted by Gasteiger charge is -2.20. The molecular weight excluding hydrogens is 402 g/mol. The van der Waals surface area contributed by atoms with E-state index >= 15 is 0 Å². The topological polar surface area (TPSA) is 97.2 Å². The maximum atomic E-state index is 12.3. The average Bonchev–Trinajstić information content (AvgIpc) is 3.22. The van der Waals surface area contributed by atoms with Gasteiger partial charge in [-0.2, -0.15) is 10.2 Å². The number of rotatable bonds is 10. The molecule has 1 atom stereocenters. The van der Waals surface area contributed by atoms with E-state index < -0.39 is 0 Å². The van der Waals surface area contributed by atoms with Crippen molar-refractivity contribution in [3.05, 3.63) is 41.6 Å². The van der Waals surface area contributed by atoms with E-state index in [1.54, 1.807) is 12.1 Å². The van der Waals surface area contributed by atoms with Crippen LogP contribution in [0, 0.1) is 11.3 Å². The fourth-order valence-corrected chi connectivity index (χ4v) is 3.82. The molecule has 0 spiro atoms. The zero-order chi connectivity index (χ0) is 22.9. The number of hydrogen-bond acceptors (Lipinski definition) is 7. The third-order valence-corrected chi connectivity index (χ3v) is 5.41. The summed E-state index contributed by atoms with van der Waals surface area (Å²) < 4.78 is 0. The smallest absolute Gasteiger partial charge is 0.229 e. The minimum Gasteiger partial charge on any atom is -0.354 e. The number of aromatic nitrogens is 2. The average molecular weight is 436 g/mol. The number of anilines is 3. The predicted octanol–water partition coefficient (Wildman–Crippen LogP) is 3.08. The molecule has 2 aromatic rings. The van der Waals surface area contributed by atoms with Crippen LogP contribution in [0.3, 0.4) is 0 Å². The summed E-state index contributed by atoms with van der Waals surface area (Å²) in [5, 5.41) is 15.6. The Bertz CT molecular complexity index is 954. The number of nitrogens with one attached hydrogen (secondary N) is 2. The van der Waals surface area contributed by atoms with E-state index in [9.17, 15) is 4.79 Å². The van der Waals surface area contributed by atoms with Crippen molar-refractivity contribution in [1.29, 1.82) is 5.26 Å². The normalized spacial score (nSPS) is 15.6. The van der Waals surface area contributed by atoms with E-state index in [0.29, 0.717) is 17.9 Å². The van der Waals surface area contributed by atoms with Crippen molar-refractivity contribution >= 4 is 23.4 Å². The first-order valence-electron chi connectivity index (χ1n) is 11.3. The van der Waals surface area contributed by atoms with Gasteiger partial charge in [0.1, 0.15) is 5.82 Å². The largest absolute Gasteiger partial charge is 0.354 e. The lowest BCUT2D eigenvalue weighted by atomic mass is 10.2. The molecule has 0 bridgehead atoms. The van der Waals surface area contributed by atoms with Crippen molar-refractivity contribution in [2.45, 2.75) is 45.1 Å². The first-order chi connectivity index (χ1) is 15.5. The Hall–Kier alpha value is -3.18. The highest BCUT2D eigenvalue weighted by atomic mass is 16.1. The minimum atomic E-state index is 0.118. The van der Waals surface area contributed by atoms with Crippen LogP contribution >= 0.6 is 0 Å². The number of carbonyl (C=O) groups excluding carboxylic acids is 1. The molecule has 32 heavy (non-hydrogen) atoms. The Balaban J connectivity index is 1.66. The summed E-state index contributed by atoms with van der Waals surface area (Å²) in [6.45, 7) is 4.63. The number of nitrogens with zero attached hydrogens (tertiary/aromatic N) is 5. The van der Waals surface area contributed by atoms with Crippen molar-refractivity contribution in [2.75, 3.05) is 43.9 Å². The van der Waals surface area contributed by atoms with Crippen LogP contribution in [0.1, 0.15) is 43.9 Å². The zero-order valence-electron chi connectivity index (χ0n) is 19.3. The summed E-state index contributed by atoms with van der Waals surface area (Å²) in [6, 6.07) is 11.6. The van der Waals surface area contributed by atoms with E-state index in [1.807, 2.05) is 32.3 Å². The van der Waals surface area contributed by atoms with Crippen LogP contribution in [0.5, 0.6) is 0 Å². The number of benzene rings is 1. The molecule has 1 fully saturated rings. The molecule has 2 N–H and O–H groups in total. The van der Waals surface area contributed by atoms with Crippen molar-refractivity contribution in [1.82, 2.24) is 20.2 Å². The maximum Gasteiger partial charge on any atom is 0.229 e. The summed E-state index contributed by atoms with van der Waals surface area (Å²) in [4.78, 5) is 26.0. The Morgan fingerprint density at radius 2 is 2.16 bits per heavy atom. The summed E-state index contributed by atoms with van der Waals surface area (Å²) in [7, 11) is 4.04. The summed E-state index contributed by atoms with van der Waals surface area (Å²) in [5.74, 6) is 1.51. The van der Waals surface area contributed by atoms with Gasteiger partial charge in [0, 0.05) is 43.0 Å². The zero-order valence-corrected chi connectivity index (χ0v) is 19.3. The van der Waals surface area contributed by atoms with Gasteiger partial charge in [0.25, 0.3) is 0 Å². The number of carbonyl (C=O) groups is 1. The van der Waals surface area contributed by atoms with Crippen LogP contribution in [0.15, 0.2) is 30.3 Å². The van der Waals surface area contributed by atoms with Crippen LogP contribution in [-0.2, 0) is 11.2 Å². The van der Waals surface area contributed by atoms with Gasteiger partial charge in [-0.3, -0.25) is 4.79 Å². The molecule has 1 aliphatic heterocycles. The molecule has 1 saturated heterocycles. The van der Waals surface area contributed by atoms with E-state index in [-0.39, 0.29) is 11.9 Å². The molecule has 8 heteroatoms. The van der Waals surface area contributed by atoms with Gasteiger partial charge in [-0.15, -0.1) is 0 Å². The number of amides is 1. The third kappa shape index (κ3) is 6.92. The lowest BCUT2D eigenvalue weighted by molar-refractivity contribution is -0.121. The van der Waals surface area contributed by atoms with Gasteiger partial charge in [-0.05, 0) is 58.1 Å². The Morgan fingerprint density at radius 1 is 1.31 bits per heavy atom. The van der Waals surface area contributed by atoms with Crippen molar-refractivity contribution < 1.29 is 4.79 Å². The number of aryl methyl sites for hydroxylation is 1. The maximum absolute atomic E-state index is 12.3. The van der Waals surface area contributed by atoms with Gasteiger partial charge in [-0.25, -0.2) is 4.98 Å². The Morgan fingerprint density at radius 3 is 2.91 bits per heavy atom. The molecule has 1 aromatic carbocycles. The standard InChI is InChI=1S/C24H33N7O/c1-4-7-19-15-22(29-24(27-19)28-20-9-5-8-18(14-20)16-25)31-13-11-21(17-31)26-23(32)10-6-12-30(2)3/h5,8-9,14-15,21H,4,6-7,10-13,17H2,1-3H3,(H,26,32)(H,27,28,29). The summed E-state index contributed by atoms with van der Waals surface area (Å²) >= 11 is 0. The highest BCUT2D eigenvalue weighted by Gasteiger charge is 2.25. The van der Waals surface area contributed by atoms with Crippen LogP contribution in [0.2, 0.25) is 0 Å². The van der Waals surface area contributed by atoms with Gasteiger partial charge >= 0.3 is 0 Å². The minimum absolute atomic E-state index is 0.118. The molecule has 2 heterocycles. The quantitative estimate of drug-likeness (QED) is 0.592. The van der Waals surface area contributed by atoms with Crippen LogP contribution < -0.4 is 15.5 Å².